The zero-order valence-corrected chi connectivity index (χ0v) is 25.9. The van der Waals surface area contributed by atoms with Gasteiger partial charge in [-0.1, -0.05) is 45.5 Å². The van der Waals surface area contributed by atoms with Gasteiger partial charge in [0.2, 0.25) is 11.8 Å². The van der Waals surface area contributed by atoms with Gasteiger partial charge in [0, 0.05) is 31.4 Å². The number of carbonyl (C=O) groups is 2. The standard InChI is InChI=1S/C32H33ClFN7O3.CH4/c1-7-24(42)39-14-19(6)40(15-18(39)5)30-21-13-22(33)27(25-20(29(35)43)9-8-10-23(25)34)37-31(21)41(32(44)38-30)28-17(4)11-12-36-26(28)16(2)3;/h7-13,16,18-19H,1,14-15H2,2-6H3,(H2,35,43);1H4/t18-,19+;/m1./s1. The summed E-state index contributed by atoms with van der Waals surface area (Å²) in [6.45, 7) is 14.0. The number of aromatic nitrogens is 4. The first kappa shape index (κ1) is 33.3. The number of amides is 2. The Morgan fingerprint density at radius 3 is 2.51 bits per heavy atom. The number of hydrogen-bond donors (Lipinski definition) is 1. The number of aryl methyl sites for hydroxylation is 1. The fourth-order valence-corrected chi connectivity index (χ4v) is 6.05. The third-order valence-electron chi connectivity index (χ3n) is 7.96. The van der Waals surface area contributed by atoms with Crippen molar-refractivity contribution in [1.82, 2.24) is 24.4 Å². The molecule has 12 heteroatoms. The van der Waals surface area contributed by atoms with Gasteiger partial charge in [-0.25, -0.2) is 18.7 Å². The smallest absolute Gasteiger partial charge is 0.355 e. The molecule has 4 aromatic rings. The molecule has 236 valence electrons. The largest absolute Gasteiger partial charge is 0.366 e. The van der Waals surface area contributed by atoms with Crippen LogP contribution >= 0.6 is 11.6 Å². The van der Waals surface area contributed by atoms with Crippen LogP contribution in [0.1, 0.15) is 62.7 Å². The summed E-state index contributed by atoms with van der Waals surface area (Å²) in [6.07, 6.45) is 2.95. The Balaban J connectivity index is 0.00000461. The zero-order valence-electron chi connectivity index (χ0n) is 25.1. The highest BCUT2D eigenvalue weighted by Crippen LogP contribution is 2.37. The molecule has 5 rings (SSSR count). The van der Waals surface area contributed by atoms with E-state index in [1.165, 1.54) is 28.8 Å². The molecule has 4 heterocycles. The van der Waals surface area contributed by atoms with Gasteiger partial charge in [-0.15, -0.1) is 0 Å². The van der Waals surface area contributed by atoms with Crippen molar-refractivity contribution in [2.45, 2.75) is 60.0 Å². The number of benzene rings is 1. The first-order valence-electron chi connectivity index (χ1n) is 14.2. The summed E-state index contributed by atoms with van der Waals surface area (Å²) in [5.74, 6) is -1.53. The van der Waals surface area contributed by atoms with Crippen LogP contribution in [0.5, 0.6) is 0 Å². The summed E-state index contributed by atoms with van der Waals surface area (Å²) < 4.78 is 16.7. The van der Waals surface area contributed by atoms with Gasteiger partial charge in [-0.3, -0.25) is 14.6 Å². The molecule has 1 aliphatic rings. The Morgan fingerprint density at radius 1 is 1.16 bits per heavy atom. The van der Waals surface area contributed by atoms with Crippen LogP contribution in [0.15, 0.2) is 54.0 Å². The molecule has 2 amide bonds. The molecule has 10 nitrogen and oxygen atoms in total. The second kappa shape index (κ2) is 12.8. The molecule has 0 saturated carbocycles. The lowest BCUT2D eigenvalue weighted by Gasteiger charge is -2.44. The van der Waals surface area contributed by atoms with Gasteiger partial charge in [-0.05, 0) is 62.6 Å². The molecule has 2 atom stereocenters. The van der Waals surface area contributed by atoms with Crippen LogP contribution in [0.4, 0.5) is 10.2 Å². The third-order valence-corrected chi connectivity index (χ3v) is 8.25. The van der Waals surface area contributed by atoms with Gasteiger partial charge >= 0.3 is 5.69 Å². The van der Waals surface area contributed by atoms with Crippen molar-refractivity contribution in [3.63, 3.8) is 0 Å². The Labute approximate surface area is 266 Å². The number of halogens is 2. The molecule has 0 bridgehead atoms. The Bertz CT molecular complexity index is 1890. The second-order valence-electron chi connectivity index (χ2n) is 11.3. The third kappa shape index (κ3) is 5.80. The summed E-state index contributed by atoms with van der Waals surface area (Å²) >= 11 is 6.81. The second-order valence-corrected chi connectivity index (χ2v) is 11.7. The zero-order chi connectivity index (χ0) is 32.0. The summed E-state index contributed by atoms with van der Waals surface area (Å²) in [7, 11) is 0. The number of primary amides is 1. The molecule has 1 saturated heterocycles. The number of hydrogen-bond acceptors (Lipinski definition) is 7. The highest BCUT2D eigenvalue weighted by atomic mass is 35.5. The molecular weight excluding hydrogens is 597 g/mol. The number of nitrogens with two attached hydrogens (primary N) is 1. The average Bonchev–Trinajstić information content (AvgIpc) is 2.97. The van der Waals surface area contributed by atoms with Gasteiger partial charge < -0.3 is 15.5 Å². The normalized spacial score (nSPS) is 16.5. The number of pyridine rings is 2. The predicted octanol–water partition coefficient (Wildman–Crippen LogP) is 5.41. The summed E-state index contributed by atoms with van der Waals surface area (Å²) in [5.41, 5.74) is 6.70. The van der Waals surface area contributed by atoms with Crippen molar-refractivity contribution in [2.75, 3.05) is 18.0 Å². The van der Waals surface area contributed by atoms with Gasteiger partial charge in [0.1, 0.15) is 11.6 Å². The molecular formula is C33H37ClFN7O3. The SMILES string of the molecule is C.C=CC(=O)N1C[C@H](C)N(c2nc(=O)n(-c3c(C)ccnc3C(C)C)c3nc(-c4c(F)cccc4C(N)=O)c(Cl)cc23)C[C@H]1C. The van der Waals surface area contributed by atoms with E-state index in [9.17, 15) is 14.4 Å². The molecule has 1 aromatic carbocycles. The van der Waals surface area contributed by atoms with E-state index in [1.807, 2.05) is 39.5 Å². The fourth-order valence-electron chi connectivity index (χ4n) is 5.80. The van der Waals surface area contributed by atoms with Gasteiger partial charge in [-0.2, -0.15) is 4.98 Å². The van der Waals surface area contributed by atoms with Crippen LogP contribution < -0.4 is 16.3 Å². The highest BCUT2D eigenvalue weighted by molar-refractivity contribution is 6.34. The lowest BCUT2D eigenvalue weighted by molar-refractivity contribution is -0.128. The number of fused-ring (bicyclic) bond motifs is 1. The summed E-state index contributed by atoms with van der Waals surface area (Å²) in [5, 5.41) is 0.460. The maximum atomic E-state index is 15.4. The molecule has 0 aliphatic carbocycles. The van der Waals surface area contributed by atoms with Crippen molar-refractivity contribution in [1.29, 1.82) is 0 Å². The number of piperazine rings is 1. The minimum atomic E-state index is -0.856. The topological polar surface area (TPSA) is 127 Å². The first-order valence-corrected chi connectivity index (χ1v) is 14.6. The molecule has 0 radical (unpaired) electrons. The molecule has 2 N–H and O–H groups in total. The van der Waals surface area contributed by atoms with Gasteiger partial charge in [0.05, 0.1) is 38.6 Å². The molecule has 3 aromatic heterocycles. The van der Waals surface area contributed by atoms with Crippen LogP contribution in [0.25, 0.3) is 28.0 Å². The average molecular weight is 634 g/mol. The van der Waals surface area contributed by atoms with Crippen LogP contribution in [-0.4, -0.2) is 61.4 Å². The minimum absolute atomic E-state index is 0. The lowest BCUT2D eigenvalue weighted by atomic mass is 10.0. The maximum Gasteiger partial charge on any atom is 0.355 e. The van der Waals surface area contributed by atoms with Crippen LogP contribution in [0.2, 0.25) is 5.02 Å². The van der Waals surface area contributed by atoms with Crippen LogP contribution in [-0.2, 0) is 4.79 Å². The fraction of sp³-hybridized carbons (Fsp3) is 0.333. The maximum absolute atomic E-state index is 15.4. The van der Waals surface area contributed by atoms with E-state index in [-0.39, 0.29) is 58.8 Å². The van der Waals surface area contributed by atoms with Crippen molar-refractivity contribution >= 4 is 40.3 Å². The highest BCUT2D eigenvalue weighted by Gasteiger charge is 2.34. The quantitative estimate of drug-likeness (QED) is 0.281. The van der Waals surface area contributed by atoms with E-state index >= 15 is 4.39 Å². The summed E-state index contributed by atoms with van der Waals surface area (Å²) in [6, 6.07) is 6.86. The Hall–Kier alpha value is -4.64. The van der Waals surface area contributed by atoms with E-state index < -0.39 is 17.4 Å². The Kier molecular flexibility index (Phi) is 9.43. The first-order chi connectivity index (χ1) is 20.8. The molecule has 0 spiro atoms. The van der Waals surface area contributed by atoms with E-state index in [0.29, 0.717) is 35.7 Å². The van der Waals surface area contributed by atoms with E-state index in [1.54, 1.807) is 23.2 Å². The summed E-state index contributed by atoms with van der Waals surface area (Å²) in [4.78, 5) is 56.5. The van der Waals surface area contributed by atoms with Crippen molar-refractivity contribution in [3.8, 4) is 16.9 Å². The monoisotopic (exact) mass is 633 g/mol. The molecule has 45 heavy (non-hydrogen) atoms. The van der Waals surface area contributed by atoms with E-state index in [4.69, 9.17) is 22.3 Å². The Morgan fingerprint density at radius 2 is 1.87 bits per heavy atom. The number of carbonyl (C=O) groups excluding carboxylic acids is 2. The molecule has 0 unspecified atom stereocenters. The van der Waals surface area contributed by atoms with Gasteiger partial charge in [0.15, 0.2) is 5.65 Å². The predicted molar refractivity (Wildman–Crippen MR) is 176 cm³/mol. The van der Waals surface area contributed by atoms with Crippen molar-refractivity contribution < 1.29 is 14.0 Å². The van der Waals surface area contributed by atoms with E-state index in [0.717, 1.165) is 5.56 Å². The van der Waals surface area contributed by atoms with Crippen molar-refractivity contribution in [3.05, 3.63) is 87.3 Å². The number of anilines is 1. The molecule has 1 fully saturated rings. The van der Waals surface area contributed by atoms with Crippen LogP contribution in [0, 0.1) is 12.7 Å². The van der Waals surface area contributed by atoms with Crippen molar-refractivity contribution in [2.24, 2.45) is 5.73 Å². The van der Waals surface area contributed by atoms with Gasteiger partial charge in [0.25, 0.3) is 0 Å². The number of nitrogens with zero attached hydrogens (tertiary/aromatic N) is 6. The van der Waals surface area contributed by atoms with Crippen LogP contribution in [0.3, 0.4) is 0 Å². The molecule has 1 aliphatic heterocycles. The number of rotatable bonds is 6. The lowest BCUT2D eigenvalue weighted by Crippen LogP contribution is -2.58. The minimum Gasteiger partial charge on any atom is -0.366 e. The van der Waals surface area contributed by atoms with E-state index in [2.05, 4.69) is 16.5 Å².